The first-order valence-corrected chi connectivity index (χ1v) is 8.46. The van der Waals surface area contributed by atoms with Gasteiger partial charge in [0.25, 0.3) is 0 Å². The number of carbonyl (C=O) groups excluding carboxylic acids is 1. The van der Waals surface area contributed by atoms with Crippen LogP contribution in [-0.2, 0) is 9.53 Å². The maximum atomic E-state index is 11.8. The Labute approximate surface area is 172 Å². The van der Waals surface area contributed by atoms with Crippen molar-refractivity contribution in [2.75, 3.05) is 33.9 Å². The molecule has 1 unspecified atom stereocenters. The molecule has 0 aliphatic carbocycles. The van der Waals surface area contributed by atoms with E-state index in [2.05, 4.69) is 34.8 Å². The van der Waals surface area contributed by atoms with Gasteiger partial charge in [0, 0.05) is 32.7 Å². The summed E-state index contributed by atoms with van der Waals surface area (Å²) < 4.78 is 11.0. The molecule has 1 heterocycles. The summed E-state index contributed by atoms with van der Waals surface area (Å²) >= 11 is 0. The first kappa shape index (κ1) is 22.5. The van der Waals surface area contributed by atoms with Crippen molar-refractivity contribution in [3.05, 3.63) is 29.8 Å². The largest absolute Gasteiger partial charge is 0.487 e. The lowest BCUT2D eigenvalue weighted by Crippen LogP contribution is -2.47. The Morgan fingerprint density at radius 2 is 2.08 bits per heavy atom. The Hall–Kier alpha value is -1.55. The molecule has 1 aromatic rings. The van der Waals surface area contributed by atoms with Gasteiger partial charge in [0.2, 0.25) is 5.91 Å². The third-order valence-corrected chi connectivity index (χ3v) is 3.96. The Bertz CT molecular complexity index is 622. The van der Waals surface area contributed by atoms with Crippen LogP contribution in [0.25, 0.3) is 0 Å². The third kappa shape index (κ3) is 6.64. The van der Waals surface area contributed by atoms with Gasteiger partial charge in [-0.3, -0.25) is 9.79 Å². The predicted molar refractivity (Wildman–Crippen MR) is 113 cm³/mol. The molecule has 8 heteroatoms. The summed E-state index contributed by atoms with van der Waals surface area (Å²) in [6, 6.07) is 8.04. The number of nitrogens with zero attached hydrogens (tertiary/aromatic N) is 1. The van der Waals surface area contributed by atoms with E-state index in [0.717, 1.165) is 17.7 Å². The summed E-state index contributed by atoms with van der Waals surface area (Å²) in [4.78, 5) is 16.0. The quantitative estimate of drug-likeness (QED) is 0.253. The number of nitrogens with one attached hydrogen (secondary N) is 3. The Morgan fingerprint density at radius 1 is 1.35 bits per heavy atom. The van der Waals surface area contributed by atoms with Gasteiger partial charge in [-0.25, -0.2) is 0 Å². The fourth-order valence-electron chi connectivity index (χ4n) is 2.81. The lowest BCUT2D eigenvalue weighted by molar-refractivity contribution is -0.120. The van der Waals surface area contributed by atoms with Crippen LogP contribution in [0.4, 0.5) is 0 Å². The highest BCUT2D eigenvalue weighted by Crippen LogP contribution is 2.39. The lowest BCUT2D eigenvalue weighted by atomic mass is 9.90. The third-order valence-electron chi connectivity index (χ3n) is 3.96. The summed E-state index contributed by atoms with van der Waals surface area (Å²) in [6.07, 6.45) is 0.796. The van der Waals surface area contributed by atoms with Crippen LogP contribution in [0.5, 0.6) is 5.75 Å². The van der Waals surface area contributed by atoms with E-state index >= 15 is 0 Å². The minimum atomic E-state index is -0.275. The standard InChI is InChI=1S/C18H28N4O3.HI/c1-18(2)11-14(13-7-5-6-8-15(13)25-18)22-17(19-3)21-12-16(23)20-9-10-24-4;/h5-8,14H,9-12H2,1-4H3,(H,20,23)(H2,19,21,22);1H. The summed E-state index contributed by atoms with van der Waals surface area (Å²) in [5.41, 5.74) is 0.817. The van der Waals surface area contributed by atoms with Crippen LogP contribution in [0.2, 0.25) is 0 Å². The number of guanidine groups is 1. The number of ether oxygens (including phenoxy) is 2. The van der Waals surface area contributed by atoms with Gasteiger partial charge in [-0.05, 0) is 19.9 Å². The summed E-state index contributed by atoms with van der Waals surface area (Å²) in [5.74, 6) is 1.36. The molecule has 1 atom stereocenters. The SMILES string of the molecule is CN=C(NCC(=O)NCCOC)NC1CC(C)(C)Oc2ccccc21.I. The average Bonchev–Trinajstić information content (AvgIpc) is 2.57. The number of methoxy groups -OCH3 is 1. The minimum Gasteiger partial charge on any atom is -0.487 e. The van der Waals surface area contributed by atoms with Crippen LogP contribution >= 0.6 is 24.0 Å². The van der Waals surface area contributed by atoms with E-state index in [4.69, 9.17) is 9.47 Å². The molecule has 0 saturated heterocycles. The fraction of sp³-hybridized carbons (Fsp3) is 0.556. The van der Waals surface area contributed by atoms with E-state index in [0.29, 0.717) is 19.1 Å². The van der Waals surface area contributed by atoms with Gasteiger partial charge in [-0.2, -0.15) is 0 Å². The molecule has 0 fully saturated rings. The number of para-hydroxylation sites is 1. The highest BCUT2D eigenvalue weighted by Gasteiger charge is 2.33. The number of aliphatic imine (C=N–C) groups is 1. The highest BCUT2D eigenvalue weighted by atomic mass is 127. The van der Waals surface area contributed by atoms with Crippen LogP contribution in [0.3, 0.4) is 0 Å². The summed E-state index contributed by atoms with van der Waals surface area (Å²) in [5, 5.41) is 9.21. The van der Waals surface area contributed by atoms with Crippen molar-refractivity contribution in [1.82, 2.24) is 16.0 Å². The van der Waals surface area contributed by atoms with Crippen molar-refractivity contribution in [2.24, 2.45) is 4.99 Å². The molecule has 26 heavy (non-hydrogen) atoms. The van der Waals surface area contributed by atoms with Crippen molar-refractivity contribution in [3.8, 4) is 5.75 Å². The molecule has 0 saturated carbocycles. The predicted octanol–water partition coefficient (Wildman–Crippen LogP) is 1.83. The first-order chi connectivity index (χ1) is 11.9. The number of fused-ring (bicyclic) bond motifs is 1. The average molecular weight is 476 g/mol. The van der Waals surface area contributed by atoms with Crippen molar-refractivity contribution in [1.29, 1.82) is 0 Å². The number of hydrogen-bond acceptors (Lipinski definition) is 4. The van der Waals surface area contributed by atoms with E-state index in [9.17, 15) is 4.79 Å². The van der Waals surface area contributed by atoms with Crippen LogP contribution in [0.1, 0.15) is 31.9 Å². The Balaban J connectivity index is 0.00000338. The highest BCUT2D eigenvalue weighted by molar-refractivity contribution is 14.0. The number of hydrogen-bond donors (Lipinski definition) is 3. The second-order valence-electron chi connectivity index (χ2n) is 6.57. The smallest absolute Gasteiger partial charge is 0.239 e. The molecule has 0 aromatic heterocycles. The second kappa shape index (κ2) is 10.6. The zero-order valence-corrected chi connectivity index (χ0v) is 18.1. The minimum absolute atomic E-state index is 0. The molecule has 1 amide bonds. The van der Waals surface area contributed by atoms with E-state index in [-0.39, 0.29) is 48.1 Å². The van der Waals surface area contributed by atoms with Crippen molar-refractivity contribution in [2.45, 2.75) is 31.9 Å². The number of rotatable bonds is 6. The monoisotopic (exact) mass is 476 g/mol. The van der Waals surface area contributed by atoms with Gasteiger partial charge >= 0.3 is 0 Å². The molecule has 2 rings (SSSR count). The van der Waals surface area contributed by atoms with Crippen molar-refractivity contribution < 1.29 is 14.3 Å². The molecule has 1 aromatic carbocycles. The van der Waals surface area contributed by atoms with E-state index in [1.807, 2.05) is 24.3 Å². The number of benzene rings is 1. The van der Waals surface area contributed by atoms with Crippen LogP contribution in [0.15, 0.2) is 29.3 Å². The number of halogens is 1. The van der Waals surface area contributed by atoms with Gasteiger partial charge < -0.3 is 25.4 Å². The Morgan fingerprint density at radius 3 is 2.77 bits per heavy atom. The normalized spacial score (nSPS) is 18.0. The fourth-order valence-corrected chi connectivity index (χ4v) is 2.81. The molecule has 0 spiro atoms. The van der Waals surface area contributed by atoms with Crippen molar-refractivity contribution >= 4 is 35.8 Å². The molecular weight excluding hydrogens is 447 g/mol. The van der Waals surface area contributed by atoms with Gasteiger partial charge in [-0.15, -0.1) is 24.0 Å². The lowest BCUT2D eigenvalue weighted by Gasteiger charge is -2.38. The molecule has 0 radical (unpaired) electrons. The van der Waals surface area contributed by atoms with Crippen LogP contribution in [0, 0.1) is 0 Å². The molecular formula is C18H29IN4O3. The summed E-state index contributed by atoms with van der Waals surface area (Å²) in [7, 11) is 3.29. The first-order valence-electron chi connectivity index (χ1n) is 8.46. The van der Waals surface area contributed by atoms with Gasteiger partial charge in [0.1, 0.15) is 11.4 Å². The molecule has 3 N–H and O–H groups in total. The van der Waals surface area contributed by atoms with Crippen molar-refractivity contribution in [3.63, 3.8) is 0 Å². The van der Waals surface area contributed by atoms with Gasteiger partial charge in [0.05, 0.1) is 19.2 Å². The maximum absolute atomic E-state index is 11.8. The summed E-state index contributed by atoms with van der Waals surface area (Å²) in [6.45, 7) is 5.27. The van der Waals surface area contributed by atoms with E-state index < -0.39 is 0 Å². The maximum Gasteiger partial charge on any atom is 0.239 e. The molecule has 0 bridgehead atoms. The number of amides is 1. The van der Waals surface area contributed by atoms with Crippen LogP contribution in [-0.4, -0.2) is 51.3 Å². The van der Waals surface area contributed by atoms with E-state index in [1.54, 1.807) is 14.2 Å². The zero-order chi connectivity index (χ0) is 18.3. The Kier molecular flexibility index (Phi) is 9.14. The van der Waals surface area contributed by atoms with Gasteiger partial charge in [-0.1, -0.05) is 18.2 Å². The molecule has 7 nitrogen and oxygen atoms in total. The second-order valence-corrected chi connectivity index (χ2v) is 6.57. The molecule has 1 aliphatic heterocycles. The molecule has 146 valence electrons. The topological polar surface area (TPSA) is 84.0 Å². The van der Waals surface area contributed by atoms with E-state index in [1.165, 1.54) is 0 Å². The molecule has 1 aliphatic rings. The zero-order valence-electron chi connectivity index (χ0n) is 15.8. The number of carbonyl (C=O) groups is 1. The van der Waals surface area contributed by atoms with Gasteiger partial charge in [0.15, 0.2) is 5.96 Å². The van der Waals surface area contributed by atoms with Crippen LogP contribution < -0.4 is 20.7 Å².